The molecule has 2 rings (SSSR count). The van der Waals surface area contributed by atoms with E-state index in [1.54, 1.807) is 24.3 Å². The molecule has 0 aliphatic carbocycles. The van der Waals surface area contributed by atoms with Crippen LogP contribution in [0.1, 0.15) is 5.76 Å². The van der Waals surface area contributed by atoms with E-state index in [0.717, 1.165) is 0 Å². The van der Waals surface area contributed by atoms with Crippen molar-refractivity contribution in [2.24, 2.45) is 5.73 Å². The fraction of sp³-hybridized carbons (Fsp3) is 0.154. The van der Waals surface area contributed by atoms with E-state index in [2.05, 4.69) is 0 Å². The molecule has 0 amide bonds. The van der Waals surface area contributed by atoms with Crippen molar-refractivity contribution in [3.8, 4) is 11.3 Å². The average Bonchev–Trinajstić information content (AvgIpc) is 2.75. The van der Waals surface area contributed by atoms with Crippen molar-refractivity contribution in [3.63, 3.8) is 0 Å². The third-order valence-electron chi connectivity index (χ3n) is 2.65. The minimum Gasteiger partial charge on any atom is -0.480 e. The maximum Gasteiger partial charge on any atom is 0.320 e. The second-order valence-corrected chi connectivity index (χ2v) is 5.41. The first kappa shape index (κ1) is 15.2. The number of hydrogen-bond acceptors (Lipinski definition) is 3. The molecule has 0 spiro atoms. The third-order valence-corrected chi connectivity index (χ3v) is 3.47. The van der Waals surface area contributed by atoms with Gasteiger partial charge >= 0.3 is 5.97 Å². The molecule has 3 N–H and O–H groups in total. The lowest BCUT2D eigenvalue weighted by molar-refractivity contribution is -0.138. The first-order chi connectivity index (χ1) is 9.38. The Labute approximate surface area is 130 Å². The number of benzene rings is 1. The zero-order valence-electron chi connectivity index (χ0n) is 10.1. The molecule has 0 aliphatic rings. The Balaban J connectivity index is 2.32. The first-order valence-electron chi connectivity index (χ1n) is 5.60. The molecule has 1 atom stereocenters. The summed E-state index contributed by atoms with van der Waals surface area (Å²) in [4.78, 5) is 10.7. The summed E-state index contributed by atoms with van der Waals surface area (Å²) in [7, 11) is 0. The average molecular weight is 335 g/mol. The van der Waals surface area contributed by atoms with E-state index >= 15 is 0 Å². The number of rotatable bonds is 4. The fourth-order valence-corrected chi connectivity index (χ4v) is 2.71. The summed E-state index contributed by atoms with van der Waals surface area (Å²) in [6.07, 6.45) is 0.0815. The molecule has 0 radical (unpaired) electrons. The highest BCUT2D eigenvalue weighted by molar-refractivity contribution is 6.41. The predicted molar refractivity (Wildman–Crippen MR) is 78.5 cm³/mol. The van der Waals surface area contributed by atoms with E-state index in [0.29, 0.717) is 32.2 Å². The van der Waals surface area contributed by atoms with E-state index < -0.39 is 12.0 Å². The van der Waals surface area contributed by atoms with Gasteiger partial charge in [-0.05, 0) is 24.3 Å². The van der Waals surface area contributed by atoms with Crippen molar-refractivity contribution < 1.29 is 14.3 Å². The third kappa shape index (κ3) is 3.27. The number of carboxylic acids is 1. The van der Waals surface area contributed by atoms with Crippen LogP contribution in [0.4, 0.5) is 0 Å². The number of halogens is 3. The molecule has 106 valence electrons. The van der Waals surface area contributed by atoms with Gasteiger partial charge in [0.2, 0.25) is 0 Å². The van der Waals surface area contributed by atoms with E-state index in [-0.39, 0.29) is 6.42 Å². The molecule has 0 fully saturated rings. The molecule has 1 aromatic carbocycles. The summed E-state index contributed by atoms with van der Waals surface area (Å²) in [5.41, 5.74) is 5.95. The summed E-state index contributed by atoms with van der Waals surface area (Å²) < 4.78 is 5.54. The van der Waals surface area contributed by atoms with Crippen molar-refractivity contribution in [2.75, 3.05) is 0 Å². The number of aliphatic carboxylic acids is 1. The SMILES string of the molecule is NC(Cc1ccc(-c2c(Cl)cc(Cl)cc2Cl)o1)C(=O)O. The first-order valence-corrected chi connectivity index (χ1v) is 6.74. The van der Waals surface area contributed by atoms with Crippen molar-refractivity contribution in [1.29, 1.82) is 0 Å². The van der Waals surface area contributed by atoms with Gasteiger partial charge in [0, 0.05) is 11.4 Å². The Morgan fingerprint density at radius 3 is 2.40 bits per heavy atom. The maximum atomic E-state index is 10.7. The summed E-state index contributed by atoms with van der Waals surface area (Å²) >= 11 is 18.0. The topological polar surface area (TPSA) is 76.5 Å². The second-order valence-electron chi connectivity index (χ2n) is 4.16. The van der Waals surface area contributed by atoms with Crippen LogP contribution < -0.4 is 5.73 Å². The van der Waals surface area contributed by atoms with Crippen molar-refractivity contribution in [3.05, 3.63) is 45.1 Å². The minimum atomic E-state index is -1.09. The Bertz CT molecular complexity index is 631. The van der Waals surface area contributed by atoms with Gasteiger partial charge in [-0.2, -0.15) is 0 Å². The van der Waals surface area contributed by atoms with Gasteiger partial charge in [-0.25, -0.2) is 0 Å². The van der Waals surface area contributed by atoms with Crippen LogP contribution in [0.2, 0.25) is 15.1 Å². The molecule has 4 nitrogen and oxygen atoms in total. The Morgan fingerprint density at radius 1 is 1.25 bits per heavy atom. The van der Waals surface area contributed by atoms with Crippen LogP contribution in [0.25, 0.3) is 11.3 Å². The lowest BCUT2D eigenvalue weighted by Crippen LogP contribution is -2.32. The highest BCUT2D eigenvalue weighted by atomic mass is 35.5. The Hall–Kier alpha value is -1.20. The lowest BCUT2D eigenvalue weighted by Gasteiger charge is -2.06. The van der Waals surface area contributed by atoms with Crippen molar-refractivity contribution >= 4 is 40.8 Å². The number of hydrogen-bond donors (Lipinski definition) is 2. The fourth-order valence-electron chi connectivity index (χ4n) is 1.70. The minimum absolute atomic E-state index is 0.0815. The van der Waals surface area contributed by atoms with Crippen LogP contribution in [-0.4, -0.2) is 17.1 Å². The molecule has 2 aromatic rings. The van der Waals surface area contributed by atoms with Gasteiger partial charge in [-0.15, -0.1) is 0 Å². The molecule has 0 bridgehead atoms. The number of furan rings is 1. The quantitative estimate of drug-likeness (QED) is 0.890. The molecule has 1 heterocycles. The highest BCUT2D eigenvalue weighted by Crippen LogP contribution is 2.38. The molecular weight excluding hydrogens is 325 g/mol. The lowest BCUT2D eigenvalue weighted by atomic mass is 10.1. The number of carbonyl (C=O) groups is 1. The Kier molecular flexibility index (Phi) is 4.60. The van der Waals surface area contributed by atoms with Crippen LogP contribution in [0.15, 0.2) is 28.7 Å². The number of carboxylic acid groups (broad SMARTS) is 1. The molecule has 0 saturated carbocycles. The van der Waals surface area contributed by atoms with Crippen molar-refractivity contribution in [2.45, 2.75) is 12.5 Å². The van der Waals surface area contributed by atoms with Crippen LogP contribution in [0, 0.1) is 0 Å². The maximum absolute atomic E-state index is 10.7. The summed E-state index contributed by atoms with van der Waals surface area (Å²) in [5.74, 6) is -0.216. The van der Waals surface area contributed by atoms with Gasteiger partial charge in [0.15, 0.2) is 0 Å². The molecule has 1 unspecified atom stereocenters. The smallest absolute Gasteiger partial charge is 0.320 e. The zero-order valence-corrected chi connectivity index (χ0v) is 12.3. The summed E-state index contributed by atoms with van der Waals surface area (Å²) in [6, 6.07) is 5.38. The van der Waals surface area contributed by atoms with Gasteiger partial charge < -0.3 is 15.3 Å². The number of nitrogens with two attached hydrogens (primary N) is 1. The molecule has 0 aliphatic heterocycles. The Morgan fingerprint density at radius 2 is 1.85 bits per heavy atom. The van der Waals surface area contributed by atoms with E-state index in [1.165, 1.54) is 0 Å². The van der Waals surface area contributed by atoms with E-state index in [1.807, 2.05) is 0 Å². The largest absolute Gasteiger partial charge is 0.480 e. The molecule has 0 saturated heterocycles. The normalized spacial score (nSPS) is 12.4. The van der Waals surface area contributed by atoms with Gasteiger partial charge in [0.1, 0.15) is 17.6 Å². The predicted octanol–water partition coefficient (Wildman–Crippen LogP) is 3.86. The summed E-state index contributed by atoms with van der Waals surface area (Å²) in [5, 5.41) is 9.89. The van der Waals surface area contributed by atoms with E-state index in [4.69, 9.17) is 50.1 Å². The van der Waals surface area contributed by atoms with E-state index in [9.17, 15) is 4.79 Å². The molecule has 1 aromatic heterocycles. The zero-order chi connectivity index (χ0) is 14.9. The molecule has 20 heavy (non-hydrogen) atoms. The molecular formula is C13H10Cl3NO3. The van der Waals surface area contributed by atoms with Gasteiger partial charge in [-0.1, -0.05) is 34.8 Å². The second kappa shape index (κ2) is 6.06. The van der Waals surface area contributed by atoms with Crippen LogP contribution in [0.3, 0.4) is 0 Å². The van der Waals surface area contributed by atoms with Crippen LogP contribution in [-0.2, 0) is 11.2 Å². The summed E-state index contributed by atoms with van der Waals surface area (Å²) in [6.45, 7) is 0. The van der Waals surface area contributed by atoms with Gasteiger partial charge in [-0.3, -0.25) is 4.79 Å². The van der Waals surface area contributed by atoms with Crippen LogP contribution in [0.5, 0.6) is 0 Å². The van der Waals surface area contributed by atoms with Gasteiger partial charge in [0.05, 0.1) is 15.6 Å². The van der Waals surface area contributed by atoms with Crippen LogP contribution >= 0.6 is 34.8 Å². The molecule has 7 heteroatoms. The highest BCUT2D eigenvalue weighted by Gasteiger charge is 2.17. The standard InChI is InChI=1S/C13H10Cl3NO3/c14-6-3-8(15)12(9(16)4-6)11-2-1-7(20-11)5-10(17)13(18)19/h1-4,10H,5,17H2,(H,18,19). The van der Waals surface area contributed by atoms with Crippen molar-refractivity contribution in [1.82, 2.24) is 0 Å². The monoisotopic (exact) mass is 333 g/mol. The van der Waals surface area contributed by atoms with Gasteiger partial charge in [0.25, 0.3) is 0 Å².